The average molecular weight is 486 g/mol. The van der Waals surface area contributed by atoms with Crippen LogP contribution in [0.5, 0.6) is 0 Å². The van der Waals surface area contributed by atoms with Crippen molar-refractivity contribution < 1.29 is 23.9 Å². The minimum absolute atomic E-state index is 0.203. The van der Waals surface area contributed by atoms with Crippen LogP contribution < -0.4 is 4.90 Å². The second-order valence-corrected chi connectivity index (χ2v) is 9.69. The lowest BCUT2D eigenvalue weighted by atomic mass is 9.77. The molecular weight excluding hydrogens is 466 g/mol. The molecule has 3 aromatic rings. The normalized spacial score (nSPS) is 24.4. The van der Waals surface area contributed by atoms with Crippen LogP contribution in [0.15, 0.2) is 66.7 Å². The number of carbonyl (C=O) groups is 4. The van der Waals surface area contributed by atoms with Crippen molar-refractivity contribution in [3.8, 4) is 0 Å². The highest BCUT2D eigenvalue weighted by atomic mass is 35.5. The summed E-state index contributed by atoms with van der Waals surface area (Å²) in [6.07, 6.45) is -0.993. The van der Waals surface area contributed by atoms with Crippen molar-refractivity contribution in [2.45, 2.75) is 25.6 Å². The average Bonchev–Trinajstić information content (AvgIpc) is 3.42. The smallest absolute Gasteiger partial charge is 0.241 e. The summed E-state index contributed by atoms with van der Waals surface area (Å²) in [5.74, 6) is -4.61. The van der Waals surface area contributed by atoms with Gasteiger partial charge in [0.2, 0.25) is 29.0 Å². The molecule has 6 nitrogen and oxygen atoms in total. The molecule has 2 heterocycles. The van der Waals surface area contributed by atoms with Crippen molar-refractivity contribution >= 4 is 40.7 Å². The summed E-state index contributed by atoms with van der Waals surface area (Å²) in [5.41, 5.74) is 0.915. The Morgan fingerprint density at radius 3 is 2.06 bits per heavy atom. The minimum Gasteiger partial charge on any atom is -0.349 e. The second kappa shape index (κ2) is 7.44. The van der Waals surface area contributed by atoms with Crippen LogP contribution in [-0.2, 0) is 14.3 Å². The maximum absolute atomic E-state index is 13.9. The first kappa shape index (κ1) is 21.9. The van der Waals surface area contributed by atoms with Gasteiger partial charge in [0.25, 0.3) is 0 Å². The van der Waals surface area contributed by atoms with Crippen LogP contribution in [0.4, 0.5) is 5.69 Å². The Kier molecular flexibility index (Phi) is 4.66. The van der Waals surface area contributed by atoms with Gasteiger partial charge in [-0.2, -0.15) is 0 Å². The molecule has 174 valence electrons. The Morgan fingerprint density at radius 1 is 0.800 bits per heavy atom. The Bertz CT molecular complexity index is 1430. The number of halogens is 1. The number of aryl methyl sites for hydroxylation is 1. The van der Waals surface area contributed by atoms with Crippen molar-refractivity contribution in [1.29, 1.82) is 0 Å². The molecule has 2 saturated heterocycles. The van der Waals surface area contributed by atoms with E-state index in [0.717, 1.165) is 10.5 Å². The number of hydrogen-bond donors (Lipinski definition) is 0. The van der Waals surface area contributed by atoms with E-state index >= 15 is 0 Å². The van der Waals surface area contributed by atoms with Crippen molar-refractivity contribution in [2.24, 2.45) is 11.8 Å². The third-order valence-electron chi connectivity index (χ3n) is 7.43. The van der Waals surface area contributed by atoms with Crippen molar-refractivity contribution in [3.05, 3.63) is 99.6 Å². The number of nitrogens with zero attached hydrogens (tertiary/aromatic N) is 1. The molecule has 3 aromatic carbocycles. The van der Waals surface area contributed by atoms with Crippen LogP contribution in [0.25, 0.3) is 0 Å². The van der Waals surface area contributed by atoms with E-state index in [2.05, 4.69) is 0 Å². The maximum Gasteiger partial charge on any atom is 0.241 e. The highest BCUT2D eigenvalue weighted by Crippen LogP contribution is 2.58. The van der Waals surface area contributed by atoms with E-state index in [4.69, 9.17) is 16.3 Å². The van der Waals surface area contributed by atoms with E-state index < -0.39 is 46.9 Å². The van der Waals surface area contributed by atoms with Gasteiger partial charge in [0, 0.05) is 16.1 Å². The van der Waals surface area contributed by atoms with Crippen LogP contribution >= 0.6 is 11.6 Å². The lowest BCUT2D eigenvalue weighted by Gasteiger charge is -2.27. The van der Waals surface area contributed by atoms with Gasteiger partial charge in [-0.15, -0.1) is 0 Å². The van der Waals surface area contributed by atoms with E-state index in [1.165, 1.54) is 0 Å². The molecule has 3 aliphatic rings. The molecule has 0 saturated carbocycles. The molecule has 35 heavy (non-hydrogen) atoms. The van der Waals surface area contributed by atoms with E-state index in [9.17, 15) is 19.2 Å². The van der Waals surface area contributed by atoms with Crippen LogP contribution in [0, 0.1) is 25.7 Å². The molecule has 2 amide bonds. The van der Waals surface area contributed by atoms with Gasteiger partial charge < -0.3 is 4.74 Å². The minimum atomic E-state index is -2.10. The Morgan fingerprint density at radius 2 is 1.43 bits per heavy atom. The van der Waals surface area contributed by atoms with Gasteiger partial charge in [-0.1, -0.05) is 65.7 Å². The van der Waals surface area contributed by atoms with Gasteiger partial charge in [-0.3, -0.25) is 19.2 Å². The number of hydrogen-bond acceptors (Lipinski definition) is 5. The Labute approximate surface area is 206 Å². The monoisotopic (exact) mass is 485 g/mol. The van der Waals surface area contributed by atoms with Crippen molar-refractivity contribution in [3.63, 3.8) is 0 Å². The standard InChI is InChI=1S/C28H20ClNO5/c1-14-10-12-16(13-11-14)30-26(33)21-22(27(30)34)28(24(31)18-6-3-4-7-19(18)25(28)32)35-23(21)17-8-5-9-20(29)15(17)2/h3-13,21-23H,1-2H3/t21-,22-,23+/m0/s1. The van der Waals surface area contributed by atoms with Crippen molar-refractivity contribution in [1.82, 2.24) is 0 Å². The number of carbonyl (C=O) groups excluding carboxylic acids is 4. The molecule has 0 unspecified atom stereocenters. The van der Waals surface area contributed by atoms with Gasteiger partial charge in [-0.05, 0) is 43.2 Å². The van der Waals surface area contributed by atoms with Gasteiger partial charge in [0.05, 0.1) is 23.6 Å². The first-order valence-electron chi connectivity index (χ1n) is 11.3. The maximum atomic E-state index is 13.9. The number of imide groups is 1. The number of Topliss-reactive ketones (excluding diaryl/α,β-unsaturated/α-hetero) is 2. The fourth-order valence-corrected chi connectivity index (χ4v) is 5.86. The van der Waals surface area contributed by atoms with Gasteiger partial charge in [0.15, 0.2) is 0 Å². The molecule has 0 aromatic heterocycles. The zero-order chi connectivity index (χ0) is 24.6. The molecule has 2 aliphatic heterocycles. The van der Waals surface area contributed by atoms with Crippen LogP contribution in [0.2, 0.25) is 5.02 Å². The summed E-state index contributed by atoms with van der Waals surface area (Å²) in [7, 11) is 0. The molecule has 7 heteroatoms. The lowest BCUT2D eigenvalue weighted by molar-refractivity contribution is -0.127. The SMILES string of the molecule is Cc1ccc(N2C(=O)[C@@H]3[C@@H](c4cccc(Cl)c4C)OC4(C(=O)c5ccccc5C4=O)[C@@H]3C2=O)cc1. The van der Waals surface area contributed by atoms with E-state index in [1.54, 1.807) is 73.7 Å². The highest BCUT2D eigenvalue weighted by molar-refractivity contribution is 6.37. The number of fused-ring (bicyclic) bond motifs is 3. The van der Waals surface area contributed by atoms with Crippen LogP contribution in [0.1, 0.15) is 43.5 Å². The quantitative estimate of drug-likeness (QED) is 0.390. The van der Waals surface area contributed by atoms with Gasteiger partial charge >= 0.3 is 0 Å². The predicted molar refractivity (Wildman–Crippen MR) is 129 cm³/mol. The number of ketones is 2. The third kappa shape index (κ3) is 2.75. The predicted octanol–water partition coefficient (Wildman–Crippen LogP) is 4.65. The molecule has 3 atom stereocenters. The molecule has 1 spiro atoms. The van der Waals surface area contributed by atoms with Gasteiger partial charge in [-0.25, -0.2) is 4.90 Å². The zero-order valence-electron chi connectivity index (χ0n) is 18.9. The Balaban J connectivity index is 1.57. The largest absolute Gasteiger partial charge is 0.349 e. The summed E-state index contributed by atoms with van der Waals surface area (Å²) in [4.78, 5) is 56.4. The zero-order valence-corrected chi connectivity index (χ0v) is 19.7. The van der Waals surface area contributed by atoms with E-state index in [0.29, 0.717) is 21.8 Å². The molecule has 0 radical (unpaired) electrons. The first-order valence-corrected chi connectivity index (χ1v) is 11.7. The highest BCUT2D eigenvalue weighted by Gasteiger charge is 2.74. The van der Waals surface area contributed by atoms with E-state index in [-0.39, 0.29) is 11.1 Å². The first-order chi connectivity index (χ1) is 16.8. The molecule has 0 bridgehead atoms. The molecule has 0 N–H and O–H groups in total. The number of rotatable bonds is 2. The lowest BCUT2D eigenvalue weighted by Crippen LogP contribution is -2.51. The topological polar surface area (TPSA) is 80.8 Å². The fourth-order valence-electron chi connectivity index (χ4n) is 5.68. The summed E-state index contributed by atoms with van der Waals surface area (Å²) in [5, 5.41) is 0.461. The number of ether oxygens (including phenoxy) is 1. The third-order valence-corrected chi connectivity index (χ3v) is 7.84. The number of benzene rings is 3. The number of anilines is 1. The van der Waals surface area contributed by atoms with Crippen LogP contribution in [-0.4, -0.2) is 29.0 Å². The fraction of sp³-hybridized carbons (Fsp3) is 0.214. The summed E-state index contributed by atoms with van der Waals surface area (Å²) >= 11 is 6.37. The second-order valence-electron chi connectivity index (χ2n) is 9.28. The van der Waals surface area contributed by atoms with E-state index in [1.807, 2.05) is 6.92 Å². The molecule has 2 fully saturated rings. The molecular formula is C28H20ClNO5. The molecule has 6 rings (SSSR count). The molecule has 1 aliphatic carbocycles. The summed E-state index contributed by atoms with van der Waals surface area (Å²) < 4.78 is 6.32. The Hall–Kier alpha value is -3.61. The van der Waals surface area contributed by atoms with Gasteiger partial charge in [0.1, 0.15) is 0 Å². The summed E-state index contributed by atoms with van der Waals surface area (Å²) in [6, 6.07) is 18.6. The summed E-state index contributed by atoms with van der Waals surface area (Å²) in [6.45, 7) is 3.69. The van der Waals surface area contributed by atoms with Crippen LogP contribution in [0.3, 0.4) is 0 Å². The number of amides is 2. The van der Waals surface area contributed by atoms with Crippen molar-refractivity contribution in [2.75, 3.05) is 4.90 Å².